The van der Waals surface area contributed by atoms with Crippen LogP contribution in [-0.2, 0) is 11.3 Å². The minimum atomic E-state index is -0.500. The highest BCUT2D eigenvalue weighted by atomic mass is 16.3. The molecule has 0 saturated heterocycles. The minimum Gasteiger partial charge on any atom is -0.508 e. The van der Waals surface area contributed by atoms with Crippen LogP contribution in [0.25, 0.3) is 0 Å². The lowest BCUT2D eigenvalue weighted by Gasteiger charge is -2.24. The Labute approximate surface area is 109 Å². The van der Waals surface area contributed by atoms with E-state index in [1.807, 2.05) is 0 Å². The molecule has 2 amide bonds. The van der Waals surface area contributed by atoms with E-state index in [4.69, 9.17) is 0 Å². The number of rotatable bonds is 1. The molecule has 1 unspecified atom stereocenters. The Balaban J connectivity index is 1.92. The molecule has 1 atom stereocenters. The third-order valence-corrected chi connectivity index (χ3v) is 3.52. The van der Waals surface area contributed by atoms with Gasteiger partial charge in [-0.15, -0.1) is 4.99 Å². The SMILES string of the molecule is O=C1CCC(N2Cc3cc(O)ccc3C2=O)C(O)=[NH+]1. The molecule has 19 heavy (non-hydrogen) atoms. The average Bonchev–Trinajstić information content (AvgIpc) is 2.66. The van der Waals surface area contributed by atoms with Gasteiger partial charge >= 0.3 is 11.8 Å². The summed E-state index contributed by atoms with van der Waals surface area (Å²) in [4.78, 5) is 27.3. The Morgan fingerprint density at radius 1 is 1.26 bits per heavy atom. The molecule has 3 N–H and O–H groups in total. The molecule has 6 heteroatoms. The monoisotopic (exact) mass is 261 g/mol. The number of phenolic OH excluding ortho intramolecular Hbond substituents is 1. The lowest BCUT2D eigenvalue weighted by molar-refractivity contribution is -0.394. The van der Waals surface area contributed by atoms with Crippen molar-refractivity contribution >= 4 is 17.7 Å². The number of phenols is 1. The predicted molar refractivity (Wildman–Crippen MR) is 64.6 cm³/mol. The van der Waals surface area contributed by atoms with Gasteiger partial charge in [0.2, 0.25) is 0 Å². The van der Waals surface area contributed by atoms with Crippen molar-refractivity contribution in [1.82, 2.24) is 4.90 Å². The van der Waals surface area contributed by atoms with Gasteiger partial charge in [-0.1, -0.05) is 0 Å². The molecule has 0 fully saturated rings. The Morgan fingerprint density at radius 2 is 2.05 bits per heavy atom. The van der Waals surface area contributed by atoms with Crippen LogP contribution in [0.4, 0.5) is 0 Å². The fraction of sp³-hybridized carbons (Fsp3) is 0.308. The maximum Gasteiger partial charge on any atom is 0.388 e. The van der Waals surface area contributed by atoms with E-state index < -0.39 is 6.04 Å². The first-order valence-corrected chi connectivity index (χ1v) is 6.05. The van der Waals surface area contributed by atoms with Crippen molar-refractivity contribution in [2.45, 2.75) is 25.4 Å². The van der Waals surface area contributed by atoms with Crippen molar-refractivity contribution in [2.75, 3.05) is 0 Å². The molecule has 0 aromatic heterocycles. The smallest absolute Gasteiger partial charge is 0.388 e. The summed E-state index contributed by atoms with van der Waals surface area (Å²) < 4.78 is 0. The van der Waals surface area contributed by atoms with E-state index >= 15 is 0 Å². The molecular formula is C13H13N2O4+. The molecular weight excluding hydrogens is 248 g/mol. The molecule has 0 aliphatic carbocycles. The van der Waals surface area contributed by atoms with Crippen molar-refractivity contribution in [3.63, 3.8) is 0 Å². The zero-order valence-electron chi connectivity index (χ0n) is 10.1. The summed E-state index contributed by atoms with van der Waals surface area (Å²) in [5, 5.41) is 19.2. The molecule has 0 radical (unpaired) electrons. The number of fused-ring (bicyclic) bond motifs is 1. The number of benzene rings is 1. The first-order valence-electron chi connectivity index (χ1n) is 6.05. The lowest BCUT2D eigenvalue weighted by atomic mass is 10.1. The summed E-state index contributed by atoms with van der Waals surface area (Å²) in [5.41, 5.74) is 1.26. The van der Waals surface area contributed by atoms with E-state index in [9.17, 15) is 19.8 Å². The zero-order valence-corrected chi connectivity index (χ0v) is 10.1. The van der Waals surface area contributed by atoms with Crippen LogP contribution in [0.5, 0.6) is 5.75 Å². The molecule has 1 aromatic carbocycles. The first-order chi connectivity index (χ1) is 9.06. The van der Waals surface area contributed by atoms with Gasteiger partial charge in [-0.2, -0.15) is 0 Å². The van der Waals surface area contributed by atoms with Crippen molar-refractivity contribution < 1.29 is 24.8 Å². The summed E-state index contributed by atoms with van der Waals surface area (Å²) in [6, 6.07) is 4.09. The number of aromatic hydroxyl groups is 1. The maximum atomic E-state index is 12.2. The van der Waals surface area contributed by atoms with Gasteiger partial charge in [-0.25, -0.2) is 4.79 Å². The fourth-order valence-corrected chi connectivity index (χ4v) is 2.58. The van der Waals surface area contributed by atoms with Gasteiger partial charge in [-0.05, 0) is 30.2 Å². The van der Waals surface area contributed by atoms with Gasteiger partial charge in [0.25, 0.3) is 5.91 Å². The van der Waals surface area contributed by atoms with Gasteiger partial charge in [0.1, 0.15) is 5.75 Å². The van der Waals surface area contributed by atoms with Crippen LogP contribution in [-0.4, -0.2) is 38.9 Å². The second kappa shape index (κ2) is 4.08. The molecule has 0 spiro atoms. The second-order valence-corrected chi connectivity index (χ2v) is 4.76. The third-order valence-electron chi connectivity index (χ3n) is 3.52. The van der Waals surface area contributed by atoms with E-state index in [-0.39, 0.29) is 29.9 Å². The third kappa shape index (κ3) is 1.85. The van der Waals surface area contributed by atoms with Crippen LogP contribution in [0.3, 0.4) is 0 Å². The van der Waals surface area contributed by atoms with Crippen LogP contribution in [0.1, 0.15) is 28.8 Å². The Morgan fingerprint density at radius 3 is 2.79 bits per heavy atom. The number of hydrogen-bond donors (Lipinski definition) is 3. The topological polar surface area (TPSA) is 91.8 Å². The molecule has 3 rings (SSSR count). The summed E-state index contributed by atoms with van der Waals surface area (Å²) in [6.45, 7) is 0.327. The van der Waals surface area contributed by atoms with E-state index in [1.165, 1.54) is 11.0 Å². The summed E-state index contributed by atoms with van der Waals surface area (Å²) in [6.07, 6.45) is 0.684. The first kappa shape index (κ1) is 11.7. The maximum absolute atomic E-state index is 12.2. The van der Waals surface area contributed by atoms with Gasteiger partial charge < -0.3 is 15.1 Å². The highest BCUT2D eigenvalue weighted by molar-refractivity contribution is 6.01. The summed E-state index contributed by atoms with van der Waals surface area (Å²) in [7, 11) is 0. The number of aliphatic hydroxyl groups excluding tert-OH is 1. The summed E-state index contributed by atoms with van der Waals surface area (Å²) in [5.74, 6) is -0.501. The Kier molecular flexibility index (Phi) is 2.51. The van der Waals surface area contributed by atoms with Crippen LogP contribution < -0.4 is 4.99 Å². The second-order valence-electron chi connectivity index (χ2n) is 4.76. The predicted octanol–water partition coefficient (Wildman–Crippen LogP) is -0.926. The van der Waals surface area contributed by atoms with Crippen LogP contribution >= 0.6 is 0 Å². The van der Waals surface area contributed by atoms with Crippen LogP contribution in [0.2, 0.25) is 0 Å². The molecule has 0 saturated carbocycles. The average molecular weight is 261 g/mol. The summed E-state index contributed by atoms with van der Waals surface area (Å²) >= 11 is 0. The number of carbonyl (C=O) groups excluding carboxylic acids is 2. The molecule has 0 bridgehead atoms. The fourth-order valence-electron chi connectivity index (χ4n) is 2.58. The normalized spacial score (nSPS) is 22.4. The lowest BCUT2D eigenvalue weighted by Crippen LogP contribution is -2.82. The number of carbonyl (C=O) groups is 2. The zero-order chi connectivity index (χ0) is 13.6. The van der Waals surface area contributed by atoms with E-state index in [1.54, 1.807) is 12.1 Å². The van der Waals surface area contributed by atoms with E-state index in [0.717, 1.165) is 5.56 Å². The van der Waals surface area contributed by atoms with Gasteiger partial charge in [0.05, 0.1) is 6.42 Å². The molecule has 1 aromatic rings. The highest BCUT2D eigenvalue weighted by Gasteiger charge is 2.40. The van der Waals surface area contributed by atoms with Gasteiger partial charge in [0.15, 0.2) is 6.04 Å². The van der Waals surface area contributed by atoms with Crippen molar-refractivity contribution in [2.24, 2.45) is 0 Å². The Bertz CT molecular complexity index is 609. The van der Waals surface area contributed by atoms with Crippen molar-refractivity contribution in [3.8, 4) is 5.75 Å². The van der Waals surface area contributed by atoms with Gasteiger partial charge in [0, 0.05) is 12.1 Å². The number of aliphatic hydroxyl groups is 1. The van der Waals surface area contributed by atoms with Crippen LogP contribution in [0.15, 0.2) is 18.2 Å². The Hall–Kier alpha value is -2.37. The largest absolute Gasteiger partial charge is 0.508 e. The van der Waals surface area contributed by atoms with Crippen molar-refractivity contribution in [3.05, 3.63) is 29.3 Å². The van der Waals surface area contributed by atoms with Crippen molar-refractivity contribution in [1.29, 1.82) is 0 Å². The van der Waals surface area contributed by atoms with E-state index in [0.29, 0.717) is 18.5 Å². The van der Waals surface area contributed by atoms with Gasteiger partial charge in [-0.3, -0.25) is 4.79 Å². The number of amides is 2. The molecule has 98 valence electrons. The molecule has 6 nitrogen and oxygen atoms in total. The molecule has 2 aliphatic heterocycles. The number of hydrogen-bond acceptors (Lipinski definition) is 3. The van der Waals surface area contributed by atoms with E-state index in [2.05, 4.69) is 4.99 Å². The quantitative estimate of drug-likeness (QED) is 0.609. The van der Waals surface area contributed by atoms with Crippen LogP contribution in [0, 0.1) is 0 Å². The standard InChI is InChI=1S/C13H12N2O4/c16-8-1-2-9-7(5-8)6-15(13(9)19)10-3-4-11(17)14-12(10)18/h1-2,5,10,16H,3-4,6H2,(H,14,17,18)/p+1. The molecule has 2 aliphatic rings. The molecule has 2 heterocycles. The number of nitrogens with zero attached hydrogens (tertiary/aromatic N) is 1. The highest BCUT2D eigenvalue weighted by Crippen LogP contribution is 2.28. The minimum absolute atomic E-state index is 0.110. The number of nitrogens with one attached hydrogen (secondary N) is 1.